The molecule has 1 aromatic heterocycles. The van der Waals surface area contributed by atoms with Gasteiger partial charge < -0.3 is 4.74 Å². The lowest BCUT2D eigenvalue weighted by Gasteiger charge is -2.33. The summed E-state index contributed by atoms with van der Waals surface area (Å²) < 4.78 is 33.0. The van der Waals surface area contributed by atoms with E-state index in [4.69, 9.17) is 4.74 Å². The molecule has 8 heteroatoms. The van der Waals surface area contributed by atoms with Crippen LogP contribution in [0.2, 0.25) is 0 Å². The summed E-state index contributed by atoms with van der Waals surface area (Å²) in [4.78, 5) is 2.27. The van der Waals surface area contributed by atoms with Crippen LogP contribution in [-0.2, 0) is 27.9 Å². The van der Waals surface area contributed by atoms with Crippen molar-refractivity contribution in [3.05, 3.63) is 53.9 Å². The molecule has 2 heterocycles. The summed E-state index contributed by atoms with van der Waals surface area (Å²) in [6.45, 7) is 3.92. The molecule has 0 saturated heterocycles. The molecule has 0 amide bonds. The van der Waals surface area contributed by atoms with E-state index in [2.05, 4.69) is 14.7 Å². The Labute approximate surface area is 148 Å². The Morgan fingerprint density at radius 2 is 2.08 bits per heavy atom. The topological polar surface area (TPSA) is 76.5 Å². The Bertz CT molecular complexity index is 776. The average Bonchev–Trinajstić information content (AvgIpc) is 3.05. The predicted octanol–water partition coefficient (Wildman–Crippen LogP) is 1.01. The van der Waals surface area contributed by atoms with E-state index in [1.807, 2.05) is 41.1 Å². The van der Waals surface area contributed by atoms with Gasteiger partial charge in [-0.2, -0.15) is 5.10 Å². The first-order valence-corrected chi connectivity index (χ1v) is 10.2. The van der Waals surface area contributed by atoms with Gasteiger partial charge >= 0.3 is 0 Å². The zero-order valence-corrected chi connectivity index (χ0v) is 15.2. The SMILES string of the molecule is CS(=O)(=O)NC[C@@H]1CN(CCOCc2ccccc2)Cc2ccnn21. The quantitative estimate of drug-likeness (QED) is 0.708. The van der Waals surface area contributed by atoms with E-state index in [0.29, 0.717) is 19.8 Å². The van der Waals surface area contributed by atoms with Crippen LogP contribution in [0.15, 0.2) is 42.6 Å². The van der Waals surface area contributed by atoms with Crippen molar-refractivity contribution in [1.82, 2.24) is 19.4 Å². The summed E-state index contributed by atoms with van der Waals surface area (Å²) in [6.07, 6.45) is 2.94. The van der Waals surface area contributed by atoms with Gasteiger partial charge in [0.2, 0.25) is 10.0 Å². The van der Waals surface area contributed by atoms with Gasteiger partial charge in [0.05, 0.1) is 31.2 Å². The van der Waals surface area contributed by atoms with Gasteiger partial charge in [-0.3, -0.25) is 9.58 Å². The third-order valence-electron chi connectivity index (χ3n) is 4.20. The van der Waals surface area contributed by atoms with Gasteiger partial charge in [-0.25, -0.2) is 13.1 Å². The lowest BCUT2D eigenvalue weighted by molar-refractivity contribution is 0.0758. The highest BCUT2D eigenvalue weighted by Crippen LogP contribution is 2.19. The van der Waals surface area contributed by atoms with Crippen LogP contribution in [-0.4, -0.2) is 55.6 Å². The standard InChI is InChI=1S/C17H24N4O3S/c1-25(22,23)19-11-17-13-20(12-16-7-8-18-21(16)17)9-10-24-14-15-5-3-2-4-6-15/h2-8,17,19H,9-14H2,1H3/t17-/m1/s1. The van der Waals surface area contributed by atoms with E-state index >= 15 is 0 Å². The van der Waals surface area contributed by atoms with Crippen molar-refractivity contribution in [3.63, 3.8) is 0 Å². The minimum Gasteiger partial charge on any atom is -0.375 e. The minimum atomic E-state index is -3.21. The number of fused-ring (bicyclic) bond motifs is 1. The Kier molecular flexibility index (Phi) is 5.85. The van der Waals surface area contributed by atoms with Gasteiger partial charge in [0, 0.05) is 32.4 Å². The fourth-order valence-corrected chi connectivity index (χ4v) is 3.49. The number of nitrogens with zero attached hydrogens (tertiary/aromatic N) is 3. The van der Waals surface area contributed by atoms with Crippen LogP contribution in [0.3, 0.4) is 0 Å². The zero-order valence-electron chi connectivity index (χ0n) is 14.3. The fourth-order valence-electron chi connectivity index (χ4n) is 2.99. The van der Waals surface area contributed by atoms with Gasteiger partial charge in [-0.1, -0.05) is 30.3 Å². The molecule has 136 valence electrons. The van der Waals surface area contributed by atoms with E-state index in [-0.39, 0.29) is 6.04 Å². The Balaban J connectivity index is 1.51. The Morgan fingerprint density at radius 1 is 1.28 bits per heavy atom. The predicted molar refractivity (Wildman–Crippen MR) is 95.5 cm³/mol. The molecule has 1 aromatic carbocycles. The second kappa shape index (κ2) is 8.09. The van der Waals surface area contributed by atoms with Crippen molar-refractivity contribution in [2.24, 2.45) is 0 Å². The highest BCUT2D eigenvalue weighted by molar-refractivity contribution is 7.88. The van der Waals surface area contributed by atoms with Crippen LogP contribution in [0.25, 0.3) is 0 Å². The first-order chi connectivity index (χ1) is 12.0. The van der Waals surface area contributed by atoms with Crippen LogP contribution in [0, 0.1) is 0 Å². The van der Waals surface area contributed by atoms with E-state index in [1.54, 1.807) is 6.20 Å². The molecule has 3 rings (SSSR count). The Morgan fingerprint density at radius 3 is 2.84 bits per heavy atom. The molecular weight excluding hydrogens is 340 g/mol. The minimum absolute atomic E-state index is 0.0115. The molecule has 0 spiro atoms. The number of hydrogen-bond acceptors (Lipinski definition) is 5. The van der Waals surface area contributed by atoms with E-state index in [0.717, 1.165) is 30.9 Å². The van der Waals surface area contributed by atoms with Crippen molar-refractivity contribution in [2.45, 2.75) is 19.2 Å². The van der Waals surface area contributed by atoms with Crippen LogP contribution < -0.4 is 4.72 Å². The van der Waals surface area contributed by atoms with Crippen LogP contribution in [0.5, 0.6) is 0 Å². The average molecular weight is 364 g/mol. The van der Waals surface area contributed by atoms with Crippen molar-refractivity contribution in [1.29, 1.82) is 0 Å². The number of hydrogen-bond donors (Lipinski definition) is 1. The van der Waals surface area contributed by atoms with Crippen molar-refractivity contribution >= 4 is 10.0 Å². The maximum atomic E-state index is 11.4. The summed E-state index contributed by atoms with van der Waals surface area (Å²) in [5, 5.41) is 4.33. The van der Waals surface area contributed by atoms with Crippen LogP contribution >= 0.6 is 0 Å². The lowest BCUT2D eigenvalue weighted by Crippen LogP contribution is -2.43. The third-order valence-corrected chi connectivity index (χ3v) is 4.89. The molecule has 2 aromatic rings. The third kappa shape index (κ3) is 5.37. The molecule has 0 aliphatic carbocycles. The first-order valence-electron chi connectivity index (χ1n) is 8.32. The van der Waals surface area contributed by atoms with E-state index < -0.39 is 10.0 Å². The molecule has 0 unspecified atom stereocenters. The smallest absolute Gasteiger partial charge is 0.208 e. The number of sulfonamides is 1. The van der Waals surface area contributed by atoms with Crippen molar-refractivity contribution < 1.29 is 13.2 Å². The summed E-state index contributed by atoms with van der Waals surface area (Å²) in [7, 11) is -3.21. The lowest BCUT2D eigenvalue weighted by atomic mass is 10.2. The summed E-state index contributed by atoms with van der Waals surface area (Å²) in [5.41, 5.74) is 2.25. The summed E-state index contributed by atoms with van der Waals surface area (Å²) >= 11 is 0. The van der Waals surface area contributed by atoms with Crippen LogP contribution in [0.1, 0.15) is 17.3 Å². The summed E-state index contributed by atoms with van der Waals surface area (Å²) in [6, 6.07) is 12.1. The molecule has 25 heavy (non-hydrogen) atoms. The highest BCUT2D eigenvalue weighted by atomic mass is 32.2. The normalized spacial score (nSPS) is 18.2. The number of rotatable bonds is 8. The van der Waals surface area contributed by atoms with Crippen molar-refractivity contribution in [2.75, 3.05) is 32.5 Å². The molecular formula is C17H24N4O3S. The number of ether oxygens (including phenoxy) is 1. The van der Waals surface area contributed by atoms with E-state index in [1.165, 1.54) is 6.26 Å². The fraction of sp³-hybridized carbons (Fsp3) is 0.471. The highest BCUT2D eigenvalue weighted by Gasteiger charge is 2.25. The maximum Gasteiger partial charge on any atom is 0.208 e. The van der Waals surface area contributed by atoms with Gasteiger partial charge in [0.25, 0.3) is 0 Å². The number of aromatic nitrogens is 2. The molecule has 1 N–H and O–H groups in total. The second-order valence-corrected chi connectivity index (χ2v) is 8.15. The number of benzene rings is 1. The summed E-state index contributed by atoms with van der Waals surface area (Å²) in [5.74, 6) is 0. The largest absolute Gasteiger partial charge is 0.375 e. The molecule has 1 aliphatic heterocycles. The van der Waals surface area contributed by atoms with Gasteiger partial charge in [0.1, 0.15) is 0 Å². The molecule has 0 radical (unpaired) electrons. The van der Waals surface area contributed by atoms with Crippen molar-refractivity contribution in [3.8, 4) is 0 Å². The maximum absolute atomic E-state index is 11.4. The van der Waals surface area contributed by atoms with Crippen LogP contribution in [0.4, 0.5) is 0 Å². The van der Waals surface area contributed by atoms with E-state index in [9.17, 15) is 8.42 Å². The van der Waals surface area contributed by atoms with Gasteiger partial charge in [-0.15, -0.1) is 0 Å². The monoisotopic (exact) mass is 364 g/mol. The molecule has 7 nitrogen and oxygen atoms in total. The Hall–Kier alpha value is -1.74. The molecule has 0 fully saturated rings. The van der Waals surface area contributed by atoms with Gasteiger partial charge in [0.15, 0.2) is 0 Å². The first kappa shape index (κ1) is 18.1. The molecule has 1 aliphatic rings. The number of nitrogens with one attached hydrogen (secondary N) is 1. The zero-order chi connectivity index (χ0) is 17.7. The second-order valence-electron chi connectivity index (χ2n) is 6.31. The molecule has 0 bridgehead atoms. The molecule has 0 saturated carbocycles. The van der Waals surface area contributed by atoms with Gasteiger partial charge in [-0.05, 0) is 11.6 Å². The molecule has 1 atom stereocenters.